The molecular formula is C15H21N5O. The minimum absolute atomic E-state index is 0.394. The lowest BCUT2D eigenvalue weighted by molar-refractivity contribution is 0.296. The average molecular weight is 287 g/mol. The van der Waals surface area contributed by atoms with Gasteiger partial charge in [-0.2, -0.15) is 4.98 Å². The fraction of sp³-hybridized carbons (Fsp3) is 0.467. The smallest absolute Gasteiger partial charge is 0.244 e. The number of nitrogens with one attached hydrogen (secondary N) is 1. The molecule has 0 amide bonds. The van der Waals surface area contributed by atoms with E-state index in [1.54, 1.807) is 0 Å². The van der Waals surface area contributed by atoms with E-state index in [-0.39, 0.29) is 0 Å². The van der Waals surface area contributed by atoms with E-state index >= 15 is 0 Å². The summed E-state index contributed by atoms with van der Waals surface area (Å²) >= 11 is 0. The maximum atomic E-state index is 5.77. The third-order valence-corrected chi connectivity index (χ3v) is 3.77. The van der Waals surface area contributed by atoms with E-state index in [0.717, 1.165) is 43.6 Å². The maximum Gasteiger partial charge on any atom is 0.244 e. The number of benzene rings is 1. The highest BCUT2D eigenvalue weighted by Crippen LogP contribution is 2.19. The Kier molecular flexibility index (Phi) is 4.35. The Morgan fingerprint density at radius 1 is 1.33 bits per heavy atom. The van der Waals surface area contributed by atoms with Crippen LogP contribution in [0.3, 0.4) is 0 Å². The number of aromatic amines is 1. The number of para-hydroxylation sites is 1. The van der Waals surface area contributed by atoms with Crippen molar-refractivity contribution in [1.82, 2.24) is 15.2 Å². The van der Waals surface area contributed by atoms with Gasteiger partial charge in [0.2, 0.25) is 5.95 Å². The fourth-order valence-electron chi connectivity index (χ4n) is 2.60. The zero-order chi connectivity index (χ0) is 14.5. The van der Waals surface area contributed by atoms with Gasteiger partial charge < -0.3 is 15.4 Å². The number of anilines is 1. The minimum Gasteiger partial charge on any atom is -0.486 e. The fourth-order valence-corrected chi connectivity index (χ4v) is 2.60. The highest BCUT2D eigenvalue weighted by Gasteiger charge is 2.21. The number of hydrogen-bond donors (Lipinski definition) is 2. The molecule has 0 radical (unpaired) electrons. The van der Waals surface area contributed by atoms with Crippen molar-refractivity contribution in [1.29, 1.82) is 0 Å². The van der Waals surface area contributed by atoms with Crippen molar-refractivity contribution < 1.29 is 4.74 Å². The summed E-state index contributed by atoms with van der Waals surface area (Å²) in [7, 11) is 0. The Balaban J connectivity index is 1.58. The number of aromatic nitrogens is 3. The standard InChI is InChI=1S/C15H21N5O/c16-9-12-5-4-8-20(10-12)15-17-14(18-19-15)11-21-13-6-2-1-3-7-13/h1-3,6-7,12H,4-5,8-11,16H2,(H,17,18,19). The van der Waals surface area contributed by atoms with Crippen LogP contribution in [0.1, 0.15) is 18.7 Å². The first-order chi connectivity index (χ1) is 10.3. The number of rotatable bonds is 5. The Hall–Kier alpha value is -2.08. The van der Waals surface area contributed by atoms with Crippen molar-refractivity contribution in [2.24, 2.45) is 11.7 Å². The summed E-state index contributed by atoms with van der Waals surface area (Å²) in [5.74, 6) is 2.86. The number of ether oxygens (including phenoxy) is 1. The van der Waals surface area contributed by atoms with Gasteiger partial charge in [0.05, 0.1) is 0 Å². The SMILES string of the molecule is NCC1CCCN(c2n[nH]c(COc3ccccc3)n2)C1. The normalized spacial score (nSPS) is 18.7. The largest absolute Gasteiger partial charge is 0.486 e. The molecule has 0 saturated carbocycles. The van der Waals surface area contributed by atoms with E-state index in [4.69, 9.17) is 10.5 Å². The summed E-state index contributed by atoms with van der Waals surface area (Å²) in [4.78, 5) is 6.71. The quantitative estimate of drug-likeness (QED) is 0.872. The van der Waals surface area contributed by atoms with Crippen LogP contribution in [0.15, 0.2) is 30.3 Å². The highest BCUT2D eigenvalue weighted by atomic mass is 16.5. The summed E-state index contributed by atoms with van der Waals surface area (Å²) in [6.45, 7) is 3.05. The van der Waals surface area contributed by atoms with E-state index in [1.165, 1.54) is 6.42 Å². The molecular weight excluding hydrogens is 266 g/mol. The first-order valence-electron chi connectivity index (χ1n) is 7.39. The Labute approximate surface area is 124 Å². The molecule has 1 aliphatic heterocycles. The molecule has 1 saturated heterocycles. The number of nitrogens with two attached hydrogens (primary N) is 1. The summed E-state index contributed by atoms with van der Waals surface area (Å²) in [6.07, 6.45) is 2.34. The van der Waals surface area contributed by atoms with E-state index in [2.05, 4.69) is 20.1 Å². The monoisotopic (exact) mass is 287 g/mol. The molecule has 112 valence electrons. The van der Waals surface area contributed by atoms with Gasteiger partial charge in [0.15, 0.2) is 5.82 Å². The zero-order valence-electron chi connectivity index (χ0n) is 12.0. The van der Waals surface area contributed by atoms with Gasteiger partial charge in [-0.3, -0.25) is 5.10 Å². The lowest BCUT2D eigenvalue weighted by Crippen LogP contribution is -2.39. The van der Waals surface area contributed by atoms with Crippen LogP contribution in [0.2, 0.25) is 0 Å². The second-order valence-corrected chi connectivity index (χ2v) is 5.37. The van der Waals surface area contributed by atoms with Crippen LogP contribution in [0.5, 0.6) is 5.75 Å². The summed E-state index contributed by atoms with van der Waals surface area (Å²) in [6, 6.07) is 9.70. The molecule has 1 aliphatic rings. The predicted octanol–water partition coefficient (Wildman–Crippen LogP) is 1.56. The predicted molar refractivity (Wildman–Crippen MR) is 81.1 cm³/mol. The molecule has 2 aromatic rings. The summed E-state index contributed by atoms with van der Waals surface area (Å²) < 4.78 is 5.66. The van der Waals surface area contributed by atoms with Crippen LogP contribution >= 0.6 is 0 Å². The summed E-state index contributed by atoms with van der Waals surface area (Å²) in [5, 5.41) is 7.24. The molecule has 0 aliphatic carbocycles. The molecule has 1 aromatic carbocycles. The lowest BCUT2D eigenvalue weighted by Gasteiger charge is -2.31. The van der Waals surface area contributed by atoms with E-state index in [1.807, 2.05) is 30.3 Å². The van der Waals surface area contributed by atoms with Gasteiger partial charge >= 0.3 is 0 Å². The van der Waals surface area contributed by atoms with Crippen molar-refractivity contribution in [3.63, 3.8) is 0 Å². The van der Waals surface area contributed by atoms with Gasteiger partial charge in [-0.05, 0) is 37.4 Å². The van der Waals surface area contributed by atoms with E-state index < -0.39 is 0 Å². The van der Waals surface area contributed by atoms with Gasteiger partial charge in [0.25, 0.3) is 0 Å². The minimum atomic E-state index is 0.394. The second-order valence-electron chi connectivity index (χ2n) is 5.37. The molecule has 0 spiro atoms. The van der Waals surface area contributed by atoms with Crippen molar-refractivity contribution in [2.45, 2.75) is 19.4 Å². The topological polar surface area (TPSA) is 80.1 Å². The first kappa shape index (κ1) is 13.9. The highest BCUT2D eigenvalue weighted by molar-refractivity contribution is 5.29. The molecule has 1 fully saturated rings. The molecule has 6 heteroatoms. The Morgan fingerprint density at radius 3 is 3.00 bits per heavy atom. The molecule has 6 nitrogen and oxygen atoms in total. The molecule has 1 unspecified atom stereocenters. The van der Waals surface area contributed by atoms with Crippen molar-refractivity contribution in [3.8, 4) is 5.75 Å². The molecule has 0 bridgehead atoms. The third kappa shape index (κ3) is 3.52. The molecule has 3 N–H and O–H groups in total. The van der Waals surface area contributed by atoms with Crippen molar-refractivity contribution in [3.05, 3.63) is 36.2 Å². The molecule has 2 heterocycles. The van der Waals surface area contributed by atoms with Crippen molar-refractivity contribution in [2.75, 3.05) is 24.5 Å². The van der Waals surface area contributed by atoms with Crippen LogP contribution in [-0.4, -0.2) is 34.8 Å². The Bertz CT molecular complexity index is 556. The van der Waals surface area contributed by atoms with E-state index in [9.17, 15) is 0 Å². The first-order valence-corrected chi connectivity index (χ1v) is 7.39. The number of nitrogens with zero attached hydrogens (tertiary/aromatic N) is 3. The van der Waals surface area contributed by atoms with Gasteiger partial charge in [0, 0.05) is 13.1 Å². The number of hydrogen-bond acceptors (Lipinski definition) is 5. The van der Waals surface area contributed by atoms with Crippen LogP contribution in [0, 0.1) is 5.92 Å². The van der Waals surface area contributed by atoms with Gasteiger partial charge in [0.1, 0.15) is 12.4 Å². The third-order valence-electron chi connectivity index (χ3n) is 3.77. The van der Waals surface area contributed by atoms with Crippen LogP contribution < -0.4 is 15.4 Å². The molecule has 1 aromatic heterocycles. The number of piperidine rings is 1. The van der Waals surface area contributed by atoms with Crippen LogP contribution in [0.25, 0.3) is 0 Å². The number of H-pyrrole nitrogens is 1. The Morgan fingerprint density at radius 2 is 2.19 bits per heavy atom. The van der Waals surface area contributed by atoms with Crippen LogP contribution in [-0.2, 0) is 6.61 Å². The zero-order valence-corrected chi connectivity index (χ0v) is 12.0. The maximum absolute atomic E-state index is 5.77. The second kappa shape index (κ2) is 6.58. The van der Waals surface area contributed by atoms with E-state index in [0.29, 0.717) is 12.5 Å². The van der Waals surface area contributed by atoms with Crippen molar-refractivity contribution >= 4 is 5.95 Å². The van der Waals surface area contributed by atoms with Gasteiger partial charge in [-0.15, -0.1) is 5.10 Å². The van der Waals surface area contributed by atoms with Crippen LogP contribution in [0.4, 0.5) is 5.95 Å². The average Bonchev–Trinajstić information content (AvgIpc) is 3.03. The molecule has 1 atom stereocenters. The summed E-state index contributed by atoms with van der Waals surface area (Å²) in [5.41, 5.74) is 5.77. The molecule has 3 rings (SSSR count). The lowest BCUT2D eigenvalue weighted by atomic mass is 9.99. The van der Waals surface area contributed by atoms with Gasteiger partial charge in [-0.1, -0.05) is 18.2 Å². The van der Waals surface area contributed by atoms with Gasteiger partial charge in [-0.25, -0.2) is 0 Å². The molecule has 21 heavy (non-hydrogen) atoms.